The lowest BCUT2D eigenvalue weighted by molar-refractivity contribution is 0.0926. The van der Waals surface area contributed by atoms with Crippen LogP contribution in [0.25, 0.3) is 0 Å². The molecule has 0 aromatic rings. The van der Waals surface area contributed by atoms with Crippen molar-refractivity contribution in [1.82, 2.24) is 4.90 Å². The third-order valence-corrected chi connectivity index (χ3v) is 2.71. The quantitative estimate of drug-likeness (QED) is 0.708. The predicted molar refractivity (Wildman–Crippen MR) is 51.1 cm³/mol. The molecule has 0 aromatic heterocycles. The number of aliphatic hydroxyl groups is 1. The summed E-state index contributed by atoms with van der Waals surface area (Å²) >= 11 is 0. The number of nitrogens with zero attached hydrogens (tertiary/aromatic N) is 2. The summed E-state index contributed by atoms with van der Waals surface area (Å²) in [6, 6.07) is 2.30. The van der Waals surface area contributed by atoms with Crippen LogP contribution < -0.4 is 0 Å². The van der Waals surface area contributed by atoms with Crippen molar-refractivity contribution in [3.8, 4) is 6.07 Å². The summed E-state index contributed by atoms with van der Waals surface area (Å²) in [5.74, 6) is 0.245. The first kappa shape index (κ1) is 10.5. The first-order valence-electron chi connectivity index (χ1n) is 5.06. The van der Waals surface area contributed by atoms with Gasteiger partial charge in [-0.2, -0.15) is 5.26 Å². The molecular weight excluding hydrogens is 164 g/mol. The fraction of sp³-hybridized carbons (Fsp3) is 0.900. The average Bonchev–Trinajstić information content (AvgIpc) is 2.19. The first-order chi connectivity index (χ1) is 6.26. The molecule has 0 radical (unpaired) electrons. The topological polar surface area (TPSA) is 47.3 Å². The Morgan fingerprint density at radius 1 is 1.54 bits per heavy atom. The molecule has 1 N–H and O–H groups in total. The monoisotopic (exact) mass is 182 g/mol. The van der Waals surface area contributed by atoms with E-state index in [4.69, 9.17) is 5.26 Å². The van der Waals surface area contributed by atoms with Gasteiger partial charge in [-0.25, -0.2) is 0 Å². The smallest absolute Gasteiger partial charge is 0.0664 e. The van der Waals surface area contributed by atoms with Gasteiger partial charge >= 0.3 is 0 Å². The Hall–Kier alpha value is -0.590. The SMILES string of the molecule is CCC(O)CN1CCC(C#N)CC1. The number of β-amino-alcohol motifs (C(OH)–C–C–N with tert-alkyl or cyclic N) is 1. The molecule has 3 heteroatoms. The van der Waals surface area contributed by atoms with Gasteiger partial charge in [-0.15, -0.1) is 0 Å². The van der Waals surface area contributed by atoms with Gasteiger partial charge in [0.2, 0.25) is 0 Å². The Morgan fingerprint density at radius 3 is 2.62 bits per heavy atom. The minimum Gasteiger partial charge on any atom is -0.392 e. The summed E-state index contributed by atoms with van der Waals surface area (Å²) in [6.07, 6.45) is 2.55. The highest BCUT2D eigenvalue weighted by Gasteiger charge is 2.19. The second kappa shape index (κ2) is 5.21. The highest BCUT2D eigenvalue weighted by Crippen LogP contribution is 2.16. The summed E-state index contributed by atoms with van der Waals surface area (Å²) in [5.41, 5.74) is 0. The Labute approximate surface area is 80.0 Å². The minimum absolute atomic E-state index is 0.196. The van der Waals surface area contributed by atoms with Crippen molar-refractivity contribution in [2.75, 3.05) is 19.6 Å². The van der Waals surface area contributed by atoms with Gasteiger partial charge in [-0.05, 0) is 32.4 Å². The number of rotatable bonds is 3. The van der Waals surface area contributed by atoms with Gasteiger partial charge in [0, 0.05) is 12.5 Å². The molecule has 74 valence electrons. The number of hydrogen-bond donors (Lipinski definition) is 1. The summed E-state index contributed by atoms with van der Waals surface area (Å²) in [6.45, 7) is 4.70. The largest absolute Gasteiger partial charge is 0.392 e. The van der Waals surface area contributed by atoms with Gasteiger partial charge in [-0.3, -0.25) is 0 Å². The zero-order valence-electron chi connectivity index (χ0n) is 8.24. The maximum atomic E-state index is 9.43. The van der Waals surface area contributed by atoms with Crippen molar-refractivity contribution in [3.05, 3.63) is 0 Å². The van der Waals surface area contributed by atoms with Gasteiger partial charge in [0.15, 0.2) is 0 Å². The molecule has 0 bridgehead atoms. The van der Waals surface area contributed by atoms with E-state index in [1.807, 2.05) is 6.92 Å². The lowest BCUT2D eigenvalue weighted by Crippen LogP contribution is -2.38. The van der Waals surface area contributed by atoms with E-state index in [0.29, 0.717) is 0 Å². The molecule has 1 fully saturated rings. The van der Waals surface area contributed by atoms with E-state index in [1.165, 1.54) is 0 Å². The molecule has 3 nitrogen and oxygen atoms in total. The number of aliphatic hydroxyl groups excluding tert-OH is 1. The summed E-state index contributed by atoms with van der Waals surface area (Å²) in [5, 5.41) is 18.1. The maximum absolute atomic E-state index is 9.43. The second-order valence-electron chi connectivity index (χ2n) is 3.77. The molecule has 0 amide bonds. The normalized spacial score (nSPS) is 22.5. The molecule has 1 rings (SSSR count). The Morgan fingerprint density at radius 2 is 2.15 bits per heavy atom. The predicted octanol–water partition coefficient (Wildman–Crippen LogP) is 0.993. The highest BCUT2D eigenvalue weighted by molar-refractivity contribution is 4.87. The van der Waals surface area contributed by atoms with Gasteiger partial charge in [-0.1, -0.05) is 6.92 Å². The van der Waals surface area contributed by atoms with Gasteiger partial charge in [0.05, 0.1) is 12.2 Å². The zero-order chi connectivity index (χ0) is 9.68. The van der Waals surface area contributed by atoms with E-state index in [2.05, 4.69) is 11.0 Å². The molecular formula is C10H18N2O. The van der Waals surface area contributed by atoms with Gasteiger partial charge in [0.25, 0.3) is 0 Å². The van der Waals surface area contributed by atoms with Crippen LogP contribution in [0.4, 0.5) is 0 Å². The minimum atomic E-state index is -0.196. The van der Waals surface area contributed by atoms with E-state index >= 15 is 0 Å². The van der Waals surface area contributed by atoms with E-state index in [-0.39, 0.29) is 12.0 Å². The summed E-state index contributed by atoms with van der Waals surface area (Å²) in [4.78, 5) is 2.25. The van der Waals surface area contributed by atoms with Crippen LogP contribution in [-0.4, -0.2) is 35.7 Å². The van der Waals surface area contributed by atoms with Crippen molar-refractivity contribution >= 4 is 0 Å². The number of piperidine rings is 1. The van der Waals surface area contributed by atoms with E-state index in [1.54, 1.807) is 0 Å². The molecule has 1 aliphatic heterocycles. The fourth-order valence-corrected chi connectivity index (χ4v) is 1.67. The van der Waals surface area contributed by atoms with Crippen LogP contribution in [0.15, 0.2) is 0 Å². The third-order valence-electron chi connectivity index (χ3n) is 2.71. The number of nitriles is 1. The molecule has 0 aromatic carbocycles. The van der Waals surface area contributed by atoms with Crippen LogP contribution in [-0.2, 0) is 0 Å². The van der Waals surface area contributed by atoms with Crippen LogP contribution >= 0.6 is 0 Å². The molecule has 0 saturated carbocycles. The lowest BCUT2D eigenvalue weighted by atomic mass is 9.98. The van der Waals surface area contributed by atoms with Gasteiger partial charge < -0.3 is 10.0 Å². The molecule has 1 atom stereocenters. The molecule has 0 spiro atoms. The third kappa shape index (κ3) is 3.33. The Kier molecular flexibility index (Phi) is 4.20. The molecule has 13 heavy (non-hydrogen) atoms. The van der Waals surface area contributed by atoms with E-state index < -0.39 is 0 Å². The number of likely N-dealkylation sites (tertiary alicyclic amines) is 1. The van der Waals surface area contributed by atoms with Crippen molar-refractivity contribution < 1.29 is 5.11 Å². The van der Waals surface area contributed by atoms with Crippen molar-refractivity contribution in [3.63, 3.8) is 0 Å². The van der Waals surface area contributed by atoms with Crippen LogP contribution in [0.1, 0.15) is 26.2 Å². The summed E-state index contributed by atoms with van der Waals surface area (Å²) in [7, 11) is 0. The highest BCUT2D eigenvalue weighted by atomic mass is 16.3. The molecule has 1 aliphatic rings. The molecule has 1 saturated heterocycles. The van der Waals surface area contributed by atoms with E-state index in [0.717, 1.165) is 38.9 Å². The molecule has 1 heterocycles. The zero-order valence-corrected chi connectivity index (χ0v) is 8.24. The standard InChI is InChI=1S/C10H18N2O/c1-2-10(13)8-12-5-3-9(7-11)4-6-12/h9-10,13H,2-6,8H2,1H3. The fourth-order valence-electron chi connectivity index (χ4n) is 1.67. The Bertz CT molecular complexity index is 180. The lowest BCUT2D eigenvalue weighted by Gasteiger charge is -2.30. The van der Waals surface area contributed by atoms with Crippen molar-refractivity contribution in [2.24, 2.45) is 5.92 Å². The van der Waals surface area contributed by atoms with Gasteiger partial charge in [0.1, 0.15) is 0 Å². The van der Waals surface area contributed by atoms with Crippen molar-refractivity contribution in [2.45, 2.75) is 32.3 Å². The molecule has 1 unspecified atom stereocenters. The van der Waals surface area contributed by atoms with Crippen LogP contribution in [0, 0.1) is 17.2 Å². The maximum Gasteiger partial charge on any atom is 0.0664 e. The average molecular weight is 182 g/mol. The van der Waals surface area contributed by atoms with E-state index in [9.17, 15) is 5.11 Å². The molecule has 0 aliphatic carbocycles. The summed E-state index contributed by atoms with van der Waals surface area (Å²) < 4.78 is 0. The number of hydrogen-bond acceptors (Lipinski definition) is 3. The van der Waals surface area contributed by atoms with Crippen LogP contribution in [0.5, 0.6) is 0 Å². The van der Waals surface area contributed by atoms with Crippen LogP contribution in [0.3, 0.4) is 0 Å². The van der Waals surface area contributed by atoms with Crippen molar-refractivity contribution in [1.29, 1.82) is 5.26 Å². The Balaban J connectivity index is 2.22. The first-order valence-corrected chi connectivity index (χ1v) is 5.06. The second-order valence-corrected chi connectivity index (χ2v) is 3.77. The van der Waals surface area contributed by atoms with Crippen LogP contribution in [0.2, 0.25) is 0 Å².